The second kappa shape index (κ2) is 7.55. The Morgan fingerprint density at radius 3 is 2.22 bits per heavy atom. The molecule has 1 heterocycles. The maximum atomic E-state index is 4.24. The Bertz CT molecular complexity index is 323. The van der Waals surface area contributed by atoms with Crippen molar-refractivity contribution in [3.05, 3.63) is 12.2 Å². The molecule has 104 valence electrons. The first kappa shape index (κ1) is 15.2. The lowest BCUT2D eigenvalue weighted by molar-refractivity contribution is 0.379. The maximum Gasteiger partial charge on any atom is 0.133 e. The van der Waals surface area contributed by atoms with Crippen LogP contribution < -0.4 is 0 Å². The first-order valence-corrected chi connectivity index (χ1v) is 7.45. The van der Waals surface area contributed by atoms with Gasteiger partial charge < -0.3 is 4.57 Å². The quantitative estimate of drug-likeness (QED) is 0.644. The van der Waals surface area contributed by atoms with E-state index in [1.165, 1.54) is 44.9 Å². The Balaban J connectivity index is 2.22. The number of aryl methyl sites for hydroxylation is 1. The molecule has 0 unspecified atom stereocenters. The Morgan fingerprint density at radius 1 is 1.00 bits per heavy atom. The van der Waals surface area contributed by atoms with Gasteiger partial charge in [0.05, 0.1) is 0 Å². The molecule has 1 aromatic heterocycles. The van der Waals surface area contributed by atoms with E-state index in [4.69, 9.17) is 0 Å². The monoisotopic (exact) mass is 251 g/mol. The second-order valence-electron chi connectivity index (χ2n) is 6.16. The fourth-order valence-electron chi connectivity index (χ4n) is 2.23. The lowest BCUT2D eigenvalue weighted by atomic mass is 10.1. The average molecular weight is 251 g/mol. The highest BCUT2D eigenvalue weighted by Crippen LogP contribution is 2.17. The molecule has 0 fully saturated rings. The molecule has 0 saturated heterocycles. The molecular formula is C15H29N3. The van der Waals surface area contributed by atoms with E-state index in [1.807, 2.05) is 6.33 Å². The lowest BCUT2D eigenvalue weighted by Gasteiger charge is -2.22. The lowest BCUT2D eigenvalue weighted by Crippen LogP contribution is -2.23. The highest BCUT2D eigenvalue weighted by Gasteiger charge is 2.16. The van der Waals surface area contributed by atoms with E-state index in [2.05, 4.69) is 42.5 Å². The first-order valence-electron chi connectivity index (χ1n) is 7.45. The number of unbranched alkanes of at least 4 members (excludes halogenated alkanes) is 6. The van der Waals surface area contributed by atoms with Crippen LogP contribution in [0.2, 0.25) is 0 Å². The van der Waals surface area contributed by atoms with Crippen LogP contribution in [0, 0.1) is 0 Å². The summed E-state index contributed by atoms with van der Waals surface area (Å²) in [5.41, 5.74) is 0.0972. The summed E-state index contributed by atoms with van der Waals surface area (Å²) in [6, 6.07) is 0. The molecule has 1 rings (SSSR count). The van der Waals surface area contributed by atoms with Crippen LogP contribution in [-0.4, -0.2) is 14.8 Å². The van der Waals surface area contributed by atoms with Crippen LogP contribution >= 0.6 is 0 Å². The van der Waals surface area contributed by atoms with Crippen molar-refractivity contribution in [2.45, 2.75) is 84.6 Å². The minimum absolute atomic E-state index is 0.0972. The Kier molecular flexibility index (Phi) is 6.37. The summed E-state index contributed by atoms with van der Waals surface area (Å²) in [6.45, 7) is 8.86. The van der Waals surface area contributed by atoms with Crippen molar-refractivity contribution in [3.8, 4) is 0 Å². The zero-order valence-corrected chi connectivity index (χ0v) is 12.6. The standard InChI is InChI=1S/C15H29N3/c1-5-6-7-8-9-10-11-12-14-17-16-13-18(14)15(2,3)4/h13H,5-12H2,1-4H3. The van der Waals surface area contributed by atoms with E-state index in [-0.39, 0.29) is 5.54 Å². The largest absolute Gasteiger partial charge is 0.312 e. The summed E-state index contributed by atoms with van der Waals surface area (Å²) in [5.74, 6) is 1.14. The Hall–Kier alpha value is -0.860. The fourth-order valence-corrected chi connectivity index (χ4v) is 2.23. The predicted octanol–water partition coefficient (Wildman–Crippen LogP) is 4.33. The molecule has 0 atom stereocenters. The van der Waals surface area contributed by atoms with Crippen LogP contribution in [0.3, 0.4) is 0 Å². The van der Waals surface area contributed by atoms with Crippen molar-refractivity contribution in [1.82, 2.24) is 14.8 Å². The molecule has 0 amide bonds. The maximum absolute atomic E-state index is 4.24. The summed E-state index contributed by atoms with van der Waals surface area (Å²) in [4.78, 5) is 0. The minimum atomic E-state index is 0.0972. The predicted molar refractivity (Wildman–Crippen MR) is 76.7 cm³/mol. The zero-order valence-electron chi connectivity index (χ0n) is 12.6. The van der Waals surface area contributed by atoms with Crippen LogP contribution in [0.4, 0.5) is 0 Å². The molecule has 0 aliphatic carbocycles. The number of nitrogens with zero attached hydrogens (tertiary/aromatic N) is 3. The molecule has 0 spiro atoms. The van der Waals surface area contributed by atoms with Crippen LogP contribution in [0.5, 0.6) is 0 Å². The van der Waals surface area contributed by atoms with Gasteiger partial charge in [0.2, 0.25) is 0 Å². The summed E-state index contributed by atoms with van der Waals surface area (Å²) in [7, 11) is 0. The third-order valence-electron chi connectivity index (χ3n) is 3.35. The normalized spacial score (nSPS) is 12.0. The first-order chi connectivity index (χ1) is 8.55. The van der Waals surface area contributed by atoms with Crippen molar-refractivity contribution in [2.75, 3.05) is 0 Å². The van der Waals surface area contributed by atoms with Gasteiger partial charge in [-0.1, -0.05) is 45.4 Å². The smallest absolute Gasteiger partial charge is 0.133 e. The summed E-state index contributed by atoms with van der Waals surface area (Å²) < 4.78 is 2.20. The third-order valence-corrected chi connectivity index (χ3v) is 3.35. The SMILES string of the molecule is CCCCCCCCCc1nncn1C(C)(C)C. The topological polar surface area (TPSA) is 30.7 Å². The van der Waals surface area contributed by atoms with Crippen LogP contribution in [0.25, 0.3) is 0 Å². The van der Waals surface area contributed by atoms with Crippen LogP contribution in [0.1, 0.15) is 78.5 Å². The molecule has 0 aromatic carbocycles. The van der Waals surface area contributed by atoms with Gasteiger partial charge in [-0.05, 0) is 27.2 Å². The Morgan fingerprint density at radius 2 is 1.61 bits per heavy atom. The fraction of sp³-hybridized carbons (Fsp3) is 0.867. The third kappa shape index (κ3) is 5.19. The van der Waals surface area contributed by atoms with Gasteiger partial charge in [-0.15, -0.1) is 10.2 Å². The van der Waals surface area contributed by atoms with Gasteiger partial charge in [0.1, 0.15) is 12.2 Å². The van der Waals surface area contributed by atoms with Crippen molar-refractivity contribution in [3.63, 3.8) is 0 Å². The van der Waals surface area contributed by atoms with E-state index in [0.29, 0.717) is 0 Å². The van der Waals surface area contributed by atoms with Crippen molar-refractivity contribution >= 4 is 0 Å². The van der Waals surface area contributed by atoms with Crippen molar-refractivity contribution in [2.24, 2.45) is 0 Å². The van der Waals surface area contributed by atoms with Crippen LogP contribution in [-0.2, 0) is 12.0 Å². The molecule has 1 aromatic rings. The Labute approximate surface area is 112 Å². The summed E-state index contributed by atoms with van der Waals surface area (Å²) in [6.07, 6.45) is 12.3. The molecule has 0 bridgehead atoms. The van der Waals surface area contributed by atoms with Gasteiger partial charge in [0, 0.05) is 12.0 Å². The van der Waals surface area contributed by atoms with Gasteiger partial charge in [-0.25, -0.2) is 0 Å². The number of hydrogen-bond donors (Lipinski definition) is 0. The van der Waals surface area contributed by atoms with E-state index in [1.54, 1.807) is 0 Å². The van der Waals surface area contributed by atoms with Crippen LogP contribution in [0.15, 0.2) is 6.33 Å². The molecule has 0 aliphatic heterocycles. The molecule has 18 heavy (non-hydrogen) atoms. The molecule has 0 N–H and O–H groups in total. The zero-order chi connectivity index (χ0) is 13.4. The van der Waals surface area contributed by atoms with Crippen molar-refractivity contribution < 1.29 is 0 Å². The highest BCUT2D eigenvalue weighted by molar-refractivity contribution is 4.92. The van der Waals surface area contributed by atoms with Gasteiger partial charge in [-0.3, -0.25) is 0 Å². The second-order valence-corrected chi connectivity index (χ2v) is 6.16. The summed E-state index contributed by atoms with van der Waals surface area (Å²) >= 11 is 0. The minimum Gasteiger partial charge on any atom is -0.312 e. The molecule has 0 saturated carbocycles. The number of hydrogen-bond acceptors (Lipinski definition) is 2. The van der Waals surface area contributed by atoms with E-state index in [9.17, 15) is 0 Å². The molecular weight excluding hydrogens is 222 g/mol. The number of aromatic nitrogens is 3. The van der Waals surface area contributed by atoms with Gasteiger partial charge in [0.15, 0.2) is 0 Å². The van der Waals surface area contributed by atoms with Crippen molar-refractivity contribution in [1.29, 1.82) is 0 Å². The molecule has 0 aliphatic rings. The molecule has 3 nitrogen and oxygen atoms in total. The van der Waals surface area contributed by atoms with E-state index in [0.717, 1.165) is 12.2 Å². The number of rotatable bonds is 8. The molecule has 0 radical (unpaired) electrons. The van der Waals surface area contributed by atoms with E-state index < -0.39 is 0 Å². The van der Waals surface area contributed by atoms with Gasteiger partial charge in [-0.2, -0.15) is 0 Å². The van der Waals surface area contributed by atoms with Gasteiger partial charge in [0.25, 0.3) is 0 Å². The average Bonchev–Trinajstić information content (AvgIpc) is 2.76. The highest BCUT2D eigenvalue weighted by atomic mass is 15.3. The molecule has 3 heteroatoms. The van der Waals surface area contributed by atoms with E-state index >= 15 is 0 Å². The van der Waals surface area contributed by atoms with Gasteiger partial charge >= 0.3 is 0 Å². The summed E-state index contributed by atoms with van der Waals surface area (Å²) in [5, 5.41) is 8.28.